The van der Waals surface area contributed by atoms with E-state index in [4.69, 9.17) is 4.99 Å². The highest BCUT2D eigenvalue weighted by Crippen LogP contribution is 2.38. The lowest BCUT2D eigenvalue weighted by molar-refractivity contribution is 0.708. The molecule has 1 aliphatic rings. The van der Waals surface area contributed by atoms with Crippen LogP contribution in [0.25, 0.3) is 10.8 Å². The van der Waals surface area contributed by atoms with Crippen molar-refractivity contribution in [3.63, 3.8) is 0 Å². The summed E-state index contributed by atoms with van der Waals surface area (Å²) in [6.07, 6.45) is 7.10. The molecule has 2 aromatic carbocycles. The number of unbranched alkanes of at least 4 members (excludes halogenated alkanes) is 1. The van der Waals surface area contributed by atoms with Gasteiger partial charge in [0.2, 0.25) is 0 Å². The summed E-state index contributed by atoms with van der Waals surface area (Å²) >= 11 is 3.63. The minimum absolute atomic E-state index is 0. The second-order valence-corrected chi connectivity index (χ2v) is 6.85. The number of benzene rings is 2. The van der Waals surface area contributed by atoms with Gasteiger partial charge in [0.15, 0.2) is 0 Å². The van der Waals surface area contributed by atoms with Crippen LogP contribution in [-0.2, 0) is 6.42 Å². The Morgan fingerprint density at radius 3 is 2.65 bits per heavy atom. The van der Waals surface area contributed by atoms with E-state index in [1.807, 2.05) is 18.5 Å². The zero-order valence-corrected chi connectivity index (χ0v) is 17.3. The van der Waals surface area contributed by atoms with E-state index in [1.165, 1.54) is 21.9 Å². The van der Waals surface area contributed by atoms with Crippen molar-refractivity contribution >= 4 is 63.0 Å². The standard InChI is InChI=1S/C20H18BrN3.2ClH/c21-17-9-10-18-19-15(17)7-3-8-16(19)20(24-18)23-12-2-1-5-14-6-4-11-22-13-14;;/h3-4,6-11,13H,1-2,5,12H2,(H,23,24);2*1H. The van der Waals surface area contributed by atoms with Gasteiger partial charge in [0.25, 0.3) is 0 Å². The van der Waals surface area contributed by atoms with Gasteiger partial charge in [-0.15, -0.1) is 24.8 Å². The molecule has 2 heterocycles. The maximum atomic E-state index is 4.77. The fourth-order valence-corrected chi connectivity index (χ4v) is 3.63. The Labute approximate surface area is 174 Å². The first-order chi connectivity index (χ1) is 11.8. The lowest BCUT2D eigenvalue weighted by Crippen LogP contribution is -2.24. The number of nitrogens with zero attached hydrogens (tertiary/aromatic N) is 2. The molecule has 0 amide bonds. The van der Waals surface area contributed by atoms with Gasteiger partial charge < -0.3 is 5.32 Å². The minimum Gasteiger partial charge on any atom is -0.370 e. The second-order valence-electron chi connectivity index (χ2n) is 6.00. The maximum Gasteiger partial charge on any atom is 0.134 e. The number of aromatic nitrogens is 1. The molecule has 0 fully saturated rings. The third-order valence-corrected chi connectivity index (χ3v) is 5.05. The quantitative estimate of drug-likeness (QED) is 0.493. The van der Waals surface area contributed by atoms with Crippen LogP contribution in [0.2, 0.25) is 0 Å². The maximum absolute atomic E-state index is 4.77. The molecule has 0 spiro atoms. The summed E-state index contributed by atoms with van der Waals surface area (Å²) in [6, 6.07) is 14.7. The van der Waals surface area contributed by atoms with Crippen molar-refractivity contribution in [2.45, 2.75) is 19.3 Å². The SMILES string of the molecule is Brc1ccc2c3c(cccc13)C(NCCCCc1cccnc1)=N2.Cl.Cl. The van der Waals surface area contributed by atoms with Gasteiger partial charge in [0, 0.05) is 34.4 Å². The number of amidine groups is 1. The van der Waals surface area contributed by atoms with E-state index in [0.717, 1.165) is 41.8 Å². The summed E-state index contributed by atoms with van der Waals surface area (Å²) in [5, 5.41) is 5.98. The number of aliphatic imine (C=N–C) groups is 1. The predicted octanol–water partition coefficient (Wildman–Crippen LogP) is 5.85. The molecule has 136 valence electrons. The number of pyridine rings is 1. The van der Waals surface area contributed by atoms with Crippen LogP contribution in [0.5, 0.6) is 0 Å². The normalized spacial score (nSPS) is 11.5. The molecule has 0 saturated carbocycles. The Hall–Kier alpha value is -1.62. The number of hydrogen-bond donors (Lipinski definition) is 1. The number of hydrogen-bond acceptors (Lipinski definition) is 3. The first-order valence-electron chi connectivity index (χ1n) is 8.26. The van der Waals surface area contributed by atoms with Crippen molar-refractivity contribution in [2.75, 3.05) is 6.54 Å². The van der Waals surface area contributed by atoms with Gasteiger partial charge in [-0.2, -0.15) is 0 Å². The molecule has 3 aromatic rings. The molecule has 0 radical (unpaired) electrons. The van der Waals surface area contributed by atoms with Crippen LogP contribution >= 0.6 is 40.7 Å². The Kier molecular flexibility index (Phi) is 7.44. The summed E-state index contributed by atoms with van der Waals surface area (Å²) < 4.78 is 1.12. The average molecular weight is 453 g/mol. The Bertz CT molecular complexity index is 914. The highest BCUT2D eigenvalue weighted by molar-refractivity contribution is 9.10. The Morgan fingerprint density at radius 2 is 1.85 bits per heavy atom. The van der Waals surface area contributed by atoms with Gasteiger partial charge in [-0.25, -0.2) is 4.99 Å². The lowest BCUT2D eigenvalue weighted by atomic mass is 10.0. The predicted molar refractivity (Wildman–Crippen MR) is 118 cm³/mol. The van der Waals surface area contributed by atoms with E-state index in [2.05, 4.69) is 62.6 Å². The summed E-state index contributed by atoms with van der Waals surface area (Å²) in [4.78, 5) is 8.93. The molecule has 0 bridgehead atoms. The smallest absolute Gasteiger partial charge is 0.134 e. The molecular weight excluding hydrogens is 433 g/mol. The fraction of sp³-hybridized carbons (Fsp3) is 0.200. The molecule has 0 aliphatic carbocycles. The molecule has 0 saturated heterocycles. The van der Waals surface area contributed by atoms with Crippen molar-refractivity contribution in [1.82, 2.24) is 10.3 Å². The van der Waals surface area contributed by atoms with Gasteiger partial charge in [0.05, 0.1) is 5.69 Å². The van der Waals surface area contributed by atoms with E-state index in [9.17, 15) is 0 Å². The second kappa shape index (κ2) is 9.36. The molecule has 0 unspecified atom stereocenters. The van der Waals surface area contributed by atoms with E-state index in [1.54, 1.807) is 0 Å². The fourth-order valence-electron chi connectivity index (χ4n) is 3.17. The van der Waals surface area contributed by atoms with Crippen molar-refractivity contribution in [3.8, 4) is 0 Å². The summed E-state index contributed by atoms with van der Waals surface area (Å²) in [5.41, 5.74) is 3.57. The monoisotopic (exact) mass is 451 g/mol. The van der Waals surface area contributed by atoms with Crippen molar-refractivity contribution < 1.29 is 0 Å². The number of halogens is 3. The lowest BCUT2D eigenvalue weighted by Gasteiger charge is -2.08. The molecule has 1 N–H and O–H groups in total. The Morgan fingerprint density at radius 1 is 0.962 bits per heavy atom. The summed E-state index contributed by atoms with van der Waals surface area (Å²) in [5.74, 6) is 0.995. The number of aryl methyl sites for hydroxylation is 1. The van der Waals surface area contributed by atoms with Crippen LogP contribution < -0.4 is 5.32 Å². The van der Waals surface area contributed by atoms with Crippen LogP contribution in [0.3, 0.4) is 0 Å². The number of nitrogens with one attached hydrogen (secondary N) is 1. The van der Waals surface area contributed by atoms with E-state index < -0.39 is 0 Å². The van der Waals surface area contributed by atoms with Gasteiger partial charge >= 0.3 is 0 Å². The Balaban J connectivity index is 0.00000121. The molecular formula is C20H20BrCl2N3. The summed E-state index contributed by atoms with van der Waals surface area (Å²) in [7, 11) is 0. The summed E-state index contributed by atoms with van der Waals surface area (Å²) in [6.45, 7) is 0.935. The van der Waals surface area contributed by atoms with Gasteiger partial charge in [0.1, 0.15) is 5.84 Å². The first kappa shape index (κ1) is 20.7. The molecule has 26 heavy (non-hydrogen) atoms. The van der Waals surface area contributed by atoms with E-state index in [-0.39, 0.29) is 24.8 Å². The third-order valence-electron chi connectivity index (χ3n) is 4.36. The molecule has 0 atom stereocenters. The van der Waals surface area contributed by atoms with Crippen molar-refractivity contribution in [1.29, 1.82) is 0 Å². The van der Waals surface area contributed by atoms with Crippen molar-refractivity contribution in [3.05, 3.63) is 70.5 Å². The largest absolute Gasteiger partial charge is 0.370 e. The zero-order valence-electron chi connectivity index (χ0n) is 14.1. The molecule has 6 heteroatoms. The van der Waals surface area contributed by atoms with Crippen LogP contribution in [0.4, 0.5) is 5.69 Å². The highest BCUT2D eigenvalue weighted by atomic mass is 79.9. The molecule has 3 nitrogen and oxygen atoms in total. The molecule has 1 aromatic heterocycles. The van der Waals surface area contributed by atoms with Gasteiger partial charge in [-0.3, -0.25) is 4.98 Å². The first-order valence-corrected chi connectivity index (χ1v) is 9.05. The van der Waals surface area contributed by atoms with Crippen molar-refractivity contribution in [2.24, 2.45) is 4.99 Å². The van der Waals surface area contributed by atoms with E-state index in [0.29, 0.717) is 0 Å². The van der Waals surface area contributed by atoms with E-state index >= 15 is 0 Å². The van der Waals surface area contributed by atoms with Crippen LogP contribution in [0.15, 0.2) is 64.3 Å². The van der Waals surface area contributed by atoms with Crippen LogP contribution in [0, 0.1) is 0 Å². The molecule has 1 aliphatic heterocycles. The molecule has 4 rings (SSSR count). The number of rotatable bonds is 5. The van der Waals surface area contributed by atoms with Crippen LogP contribution in [-0.4, -0.2) is 17.4 Å². The average Bonchev–Trinajstić information content (AvgIpc) is 2.98. The minimum atomic E-state index is 0. The van der Waals surface area contributed by atoms with Gasteiger partial charge in [-0.05, 0) is 48.4 Å². The zero-order chi connectivity index (χ0) is 16.4. The van der Waals surface area contributed by atoms with Crippen LogP contribution in [0.1, 0.15) is 24.0 Å². The third kappa shape index (κ3) is 4.20. The van der Waals surface area contributed by atoms with Gasteiger partial charge in [-0.1, -0.05) is 40.2 Å². The highest BCUT2D eigenvalue weighted by Gasteiger charge is 2.18. The topological polar surface area (TPSA) is 37.3 Å².